The molecule has 1 aromatic rings. The number of rotatable bonds is 2. The van der Waals surface area contributed by atoms with Gasteiger partial charge in [0, 0.05) is 19.0 Å². The molecule has 1 heterocycles. The summed E-state index contributed by atoms with van der Waals surface area (Å²) in [6, 6.07) is 6.67. The predicted molar refractivity (Wildman–Crippen MR) is 74.9 cm³/mol. The number of phenolic OH excluding ortho intramolecular Hbond substituents is 1. The third-order valence-electron chi connectivity index (χ3n) is 2.92. The van der Waals surface area contributed by atoms with Gasteiger partial charge in [-0.2, -0.15) is 0 Å². The minimum absolute atomic E-state index is 0.0654. The topological polar surface area (TPSA) is 59.0 Å². The number of amides is 1. The fraction of sp³-hybridized carbons (Fsp3) is 0.533. The van der Waals surface area contributed by atoms with E-state index in [1.807, 2.05) is 20.8 Å². The first-order valence-corrected chi connectivity index (χ1v) is 6.77. The third-order valence-corrected chi connectivity index (χ3v) is 2.92. The zero-order valence-electron chi connectivity index (χ0n) is 12.1. The second-order valence-electron chi connectivity index (χ2n) is 5.95. The molecule has 20 heavy (non-hydrogen) atoms. The number of aromatic hydroxyl groups is 1. The highest BCUT2D eigenvalue weighted by Gasteiger charge is 2.30. The summed E-state index contributed by atoms with van der Waals surface area (Å²) in [4.78, 5) is 13.6. The van der Waals surface area contributed by atoms with Gasteiger partial charge in [0.05, 0.1) is 6.54 Å². The zero-order chi connectivity index (χ0) is 14.8. The molecule has 1 saturated heterocycles. The Labute approximate surface area is 119 Å². The quantitative estimate of drug-likeness (QED) is 0.904. The first-order valence-electron chi connectivity index (χ1n) is 6.77. The largest absolute Gasteiger partial charge is 0.508 e. The molecule has 5 nitrogen and oxygen atoms in total. The molecule has 1 fully saturated rings. The summed E-state index contributed by atoms with van der Waals surface area (Å²) in [7, 11) is 0. The summed E-state index contributed by atoms with van der Waals surface area (Å²) >= 11 is 0. The molecule has 1 atom stereocenters. The summed E-state index contributed by atoms with van der Waals surface area (Å²) in [6.07, 6.45) is 0.387. The van der Waals surface area contributed by atoms with E-state index in [-0.39, 0.29) is 17.9 Å². The lowest BCUT2D eigenvalue weighted by molar-refractivity contribution is 0.0275. The van der Waals surface area contributed by atoms with E-state index >= 15 is 0 Å². The van der Waals surface area contributed by atoms with Crippen molar-refractivity contribution in [2.75, 3.05) is 13.1 Å². The molecule has 110 valence electrons. The normalized spacial score (nSPS) is 18.9. The Morgan fingerprint density at radius 1 is 1.40 bits per heavy atom. The van der Waals surface area contributed by atoms with Crippen molar-refractivity contribution in [3.05, 3.63) is 24.3 Å². The Morgan fingerprint density at radius 2 is 2.15 bits per heavy atom. The summed E-state index contributed by atoms with van der Waals surface area (Å²) in [5.74, 6) is 0.783. The molecule has 0 saturated carbocycles. The Balaban J connectivity index is 1.88. The molecular weight excluding hydrogens is 258 g/mol. The standard InChI is InChI=1S/C15H21NO4/c1-15(2,3)20-14(18)16-8-7-13(10-16)19-12-6-4-5-11(17)9-12/h4-6,9,13,17H,7-8,10H2,1-3H3. The number of phenols is 1. The van der Waals surface area contributed by atoms with Crippen LogP contribution in [0.15, 0.2) is 24.3 Å². The lowest BCUT2D eigenvalue weighted by Gasteiger charge is -2.24. The lowest BCUT2D eigenvalue weighted by atomic mass is 10.2. The third kappa shape index (κ3) is 4.05. The number of hydrogen-bond donors (Lipinski definition) is 1. The fourth-order valence-corrected chi connectivity index (χ4v) is 2.07. The van der Waals surface area contributed by atoms with Crippen LogP contribution in [0.3, 0.4) is 0 Å². The highest BCUT2D eigenvalue weighted by atomic mass is 16.6. The SMILES string of the molecule is CC(C)(C)OC(=O)N1CCC(Oc2cccc(O)c2)C1. The van der Waals surface area contributed by atoms with Crippen molar-refractivity contribution in [3.8, 4) is 11.5 Å². The van der Waals surface area contributed by atoms with Gasteiger partial charge < -0.3 is 19.5 Å². The van der Waals surface area contributed by atoms with Crippen LogP contribution in [-0.4, -0.2) is 40.9 Å². The monoisotopic (exact) mass is 279 g/mol. The molecule has 1 aliphatic rings. The van der Waals surface area contributed by atoms with Crippen molar-refractivity contribution in [2.45, 2.75) is 38.9 Å². The minimum Gasteiger partial charge on any atom is -0.508 e. The van der Waals surface area contributed by atoms with E-state index in [0.717, 1.165) is 6.42 Å². The fourth-order valence-electron chi connectivity index (χ4n) is 2.07. The summed E-state index contributed by atoms with van der Waals surface area (Å²) in [5, 5.41) is 9.39. The molecule has 0 bridgehead atoms. The zero-order valence-corrected chi connectivity index (χ0v) is 12.1. The molecule has 1 unspecified atom stereocenters. The number of carbonyl (C=O) groups excluding carboxylic acids is 1. The number of ether oxygens (including phenoxy) is 2. The second kappa shape index (κ2) is 5.61. The lowest BCUT2D eigenvalue weighted by Crippen LogP contribution is -2.36. The number of carbonyl (C=O) groups is 1. The molecule has 1 aromatic carbocycles. The molecule has 0 aromatic heterocycles. The van der Waals surface area contributed by atoms with Crippen LogP contribution in [0.5, 0.6) is 11.5 Å². The maximum Gasteiger partial charge on any atom is 0.410 e. The number of hydrogen-bond acceptors (Lipinski definition) is 4. The van der Waals surface area contributed by atoms with Crippen LogP contribution in [-0.2, 0) is 4.74 Å². The Kier molecular flexibility index (Phi) is 4.06. The van der Waals surface area contributed by atoms with Gasteiger partial charge in [-0.1, -0.05) is 6.07 Å². The molecule has 1 N–H and O–H groups in total. The van der Waals surface area contributed by atoms with Crippen molar-refractivity contribution in [1.29, 1.82) is 0 Å². The molecule has 5 heteroatoms. The van der Waals surface area contributed by atoms with Gasteiger partial charge in [-0.15, -0.1) is 0 Å². The Bertz CT molecular complexity index is 481. The van der Waals surface area contributed by atoms with Gasteiger partial charge >= 0.3 is 6.09 Å². The van der Waals surface area contributed by atoms with Crippen molar-refractivity contribution < 1.29 is 19.4 Å². The van der Waals surface area contributed by atoms with Crippen molar-refractivity contribution >= 4 is 6.09 Å². The number of nitrogens with zero attached hydrogens (tertiary/aromatic N) is 1. The van der Waals surface area contributed by atoms with Crippen molar-refractivity contribution in [1.82, 2.24) is 4.90 Å². The predicted octanol–water partition coefficient (Wildman–Crippen LogP) is 2.78. The molecule has 0 aliphatic carbocycles. The van der Waals surface area contributed by atoms with E-state index < -0.39 is 5.60 Å². The average molecular weight is 279 g/mol. The average Bonchev–Trinajstić information content (AvgIpc) is 2.75. The minimum atomic E-state index is -0.485. The van der Waals surface area contributed by atoms with Gasteiger partial charge in [-0.3, -0.25) is 0 Å². The summed E-state index contributed by atoms with van der Waals surface area (Å²) < 4.78 is 11.1. The highest BCUT2D eigenvalue weighted by molar-refractivity contribution is 5.68. The van der Waals surface area contributed by atoms with Crippen LogP contribution in [0, 0.1) is 0 Å². The number of benzene rings is 1. The first kappa shape index (κ1) is 14.5. The van der Waals surface area contributed by atoms with E-state index in [4.69, 9.17) is 9.47 Å². The van der Waals surface area contributed by atoms with Crippen LogP contribution in [0.25, 0.3) is 0 Å². The summed E-state index contributed by atoms with van der Waals surface area (Å²) in [6.45, 7) is 6.67. The van der Waals surface area contributed by atoms with Gasteiger partial charge in [-0.05, 0) is 32.9 Å². The first-order chi connectivity index (χ1) is 9.33. The van der Waals surface area contributed by atoms with Gasteiger partial charge in [-0.25, -0.2) is 4.79 Å². The summed E-state index contributed by atoms with van der Waals surface area (Å²) in [5.41, 5.74) is -0.485. The van der Waals surface area contributed by atoms with Crippen LogP contribution < -0.4 is 4.74 Å². The molecule has 1 amide bonds. The molecular formula is C15H21NO4. The second-order valence-corrected chi connectivity index (χ2v) is 5.95. The Morgan fingerprint density at radius 3 is 2.80 bits per heavy atom. The van der Waals surface area contributed by atoms with Gasteiger partial charge in [0.25, 0.3) is 0 Å². The molecule has 0 radical (unpaired) electrons. The van der Waals surface area contributed by atoms with Crippen molar-refractivity contribution in [3.63, 3.8) is 0 Å². The van der Waals surface area contributed by atoms with Gasteiger partial charge in [0.2, 0.25) is 0 Å². The van der Waals surface area contributed by atoms with E-state index in [0.29, 0.717) is 18.8 Å². The van der Waals surface area contributed by atoms with E-state index in [9.17, 15) is 9.90 Å². The van der Waals surface area contributed by atoms with Gasteiger partial charge in [0.1, 0.15) is 23.2 Å². The van der Waals surface area contributed by atoms with E-state index in [1.54, 1.807) is 29.2 Å². The van der Waals surface area contributed by atoms with Crippen LogP contribution in [0.2, 0.25) is 0 Å². The smallest absolute Gasteiger partial charge is 0.410 e. The van der Waals surface area contributed by atoms with Crippen LogP contribution >= 0.6 is 0 Å². The highest BCUT2D eigenvalue weighted by Crippen LogP contribution is 2.23. The van der Waals surface area contributed by atoms with Gasteiger partial charge in [0.15, 0.2) is 0 Å². The van der Waals surface area contributed by atoms with Crippen LogP contribution in [0.1, 0.15) is 27.2 Å². The molecule has 0 spiro atoms. The maximum atomic E-state index is 11.9. The van der Waals surface area contributed by atoms with Crippen LogP contribution in [0.4, 0.5) is 4.79 Å². The molecule has 1 aliphatic heterocycles. The maximum absolute atomic E-state index is 11.9. The Hall–Kier alpha value is -1.91. The van der Waals surface area contributed by atoms with Crippen molar-refractivity contribution in [2.24, 2.45) is 0 Å². The number of likely N-dealkylation sites (tertiary alicyclic amines) is 1. The van der Waals surface area contributed by atoms with E-state index in [1.165, 1.54) is 0 Å². The van der Waals surface area contributed by atoms with E-state index in [2.05, 4.69) is 0 Å². The molecule has 2 rings (SSSR count).